The van der Waals surface area contributed by atoms with Crippen molar-refractivity contribution in [2.75, 3.05) is 11.9 Å². The smallest absolute Gasteiger partial charge is 0.249 e. The highest BCUT2D eigenvalue weighted by molar-refractivity contribution is 9.10. The molecule has 1 aromatic rings. The van der Waals surface area contributed by atoms with E-state index >= 15 is 0 Å². The van der Waals surface area contributed by atoms with Crippen molar-refractivity contribution in [3.05, 3.63) is 22.8 Å². The fourth-order valence-electron chi connectivity index (χ4n) is 0.699. The lowest BCUT2D eigenvalue weighted by Gasteiger charge is -1.97. The molecule has 5 nitrogen and oxygen atoms in total. The van der Waals surface area contributed by atoms with Crippen LogP contribution in [0.1, 0.15) is 0 Å². The minimum atomic E-state index is -0.240. The van der Waals surface area contributed by atoms with E-state index < -0.39 is 0 Å². The van der Waals surface area contributed by atoms with E-state index in [2.05, 4.69) is 31.4 Å². The van der Waals surface area contributed by atoms with Crippen molar-refractivity contribution in [1.29, 1.82) is 0 Å². The molecular weight excluding hydrogens is 236 g/mol. The fourth-order valence-corrected chi connectivity index (χ4v) is 0.989. The van der Waals surface area contributed by atoms with Crippen LogP contribution in [0.15, 0.2) is 22.8 Å². The number of rotatable bonds is 3. The normalized spacial score (nSPS) is 10.6. The van der Waals surface area contributed by atoms with Crippen molar-refractivity contribution in [3.8, 4) is 0 Å². The number of nitrogens with zero attached hydrogens (tertiary/aromatic N) is 1. The molecule has 0 atom stereocenters. The van der Waals surface area contributed by atoms with E-state index in [1.165, 1.54) is 6.08 Å². The third-order valence-corrected chi connectivity index (χ3v) is 1.85. The number of aromatic amines is 1. The van der Waals surface area contributed by atoms with E-state index in [0.717, 1.165) is 0 Å². The number of nitrogens with two attached hydrogens (primary N) is 1. The molecule has 1 rings (SSSR count). The van der Waals surface area contributed by atoms with Gasteiger partial charge < -0.3 is 11.1 Å². The van der Waals surface area contributed by atoms with Gasteiger partial charge in [0, 0.05) is 12.6 Å². The topological polar surface area (TPSA) is 83.8 Å². The number of nitrogens with one attached hydrogen (secondary N) is 2. The van der Waals surface area contributed by atoms with Gasteiger partial charge in [-0.05, 0) is 15.9 Å². The first-order chi connectivity index (χ1) is 6.24. The van der Waals surface area contributed by atoms with E-state index in [1.807, 2.05) is 0 Å². The minimum Gasteiger partial charge on any atom is -0.327 e. The quantitative estimate of drug-likeness (QED) is 0.682. The summed E-state index contributed by atoms with van der Waals surface area (Å²) in [6, 6.07) is 0. The van der Waals surface area contributed by atoms with Crippen LogP contribution in [0.5, 0.6) is 0 Å². The molecule has 0 aromatic carbocycles. The summed E-state index contributed by atoms with van der Waals surface area (Å²) < 4.78 is 0.710. The average Bonchev–Trinajstić information content (AvgIpc) is 2.48. The Bertz CT molecular complexity index is 320. The molecule has 1 aromatic heterocycles. The minimum absolute atomic E-state index is 0.240. The molecule has 0 aliphatic rings. The van der Waals surface area contributed by atoms with Gasteiger partial charge in [-0.1, -0.05) is 6.08 Å². The Kier molecular flexibility index (Phi) is 3.66. The Balaban J connectivity index is 2.55. The summed E-state index contributed by atoms with van der Waals surface area (Å²) in [5.74, 6) is 0.294. The number of amides is 1. The highest BCUT2D eigenvalue weighted by atomic mass is 79.9. The van der Waals surface area contributed by atoms with E-state index in [-0.39, 0.29) is 5.91 Å². The fraction of sp³-hybridized carbons (Fsp3) is 0.143. The molecule has 0 fully saturated rings. The number of carbonyl (C=O) groups excluding carboxylic acids is 1. The molecule has 6 heteroatoms. The Morgan fingerprint density at radius 3 is 3.15 bits per heavy atom. The highest BCUT2D eigenvalue weighted by Crippen LogP contribution is 2.17. The SMILES string of the molecule is NC/C=C/C(=O)Nc1[nH]ncc1Br. The maximum Gasteiger partial charge on any atom is 0.249 e. The Hall–Kier alpha value is -1.14. The highest BCUT2D eigenvalue weighted by Gasteiger charge is 2.03. The third-order valence-electron chi connectivity index (χ3n) is 1.25. The van der Waals surface area contributed by atoms with Crippen molar-refractivity contribution >= 4 is 27.7 Å². The first kappa shape index (κ1) is 9.94. The summed E-state index contributed by atoms with van der Waals surface area (Å²) in [6.07, 6.45) is 4.50. The molecule has 70 valence electrons. The van der Waals surface area contributed by atoms with Crippen LogP contribution in [0.2, 0.25) is 0 Å². The maximum absolute atomic E-state index is 11.1. The van der Waals surface area contributed by atoms with Crippen molar-refractivity contribution in [3.63, 3.8) is 0 Å². The molecule has 0 saturated heterocycles. The zero-order chi connectivity index (χ0) is 9.68. The zero-order valence-electron chi connectivity index (χ0n) is 6.75. The van der Waals surface area contributed by atoms with Crippen LogP contribution >= 0.6 is 15.9 Å². The number of halogens is 1. The van der Waals surface area contributed by atoms with Crippen LogP contribution in [0.3, 0.4) is 0 Å². The number of H-pyrrole nitrogens is 1. The summed E-state index contributed by atoms with van der Waals surface area (Å²) >= 11 is 3.21. The van der Waals surface area contributed by atoms with Crippen LogP contribution in [0.25, 0.3) is 0 Å². The Morgan fingerprint density at radius 1 is 1.85 bits per heavy atom. The number of carbonyl (C=O) groups is 1. The summed E-state index contributed by atoms with van der Waals surface area (Å²) in [5.41, 5.74) is 5.18. The van der Waals surface area contributed by atoms with Crippen LogP contribution in [-0.4, -0.2) is 22.6 Å². The second-order valence-corrected chi connectivity index (χ2v) is 3.07. The second-order valence-electron chi connectivity index (χ2n) is 2.22. The van der Waals surface area contributed by atoms with Gasteiger partial charge in [-0.3, -0.25) is 9.89 Å². The largest absolute Gasteiger partial charge is 0.327 e. The van der Waals surface area contributed by atoms with Crippen molar-refractivity contribution in [1.82, 2.24) is 10.2 Å². The molecule has 0 radical (unpaired) electrons. The van der Waals surface area contributed by atoms with Crippen LogP contribution in [0, 0.1) is 0 Å². The number of hydrogen-bond donors (Lipinski definition) is 3. The van der Waals surface area contributed by atoms with Gasteiger partial charge in [0.25, 0.3) is 0 Å². The van der Waals surface area contributed by atoms with Gasteiger partial charge >= 0.3 is 0 Å². The molecule has 0 aliphatic heterocycles. The summed E-state index contributed by atoms with van der Waals surface area (Å²) in [7, 11) is 0. The van der Waals surface area contributed by atoms with Crippen LogP contribution in [0.4, 0.5) is 5.82 Å². The third kappa shape index (κ3) is 3.00. The van der Waals surface area contributed by atoms with Crippen molar-refractivity contribution < 1.29 is 4.79 Å². The standard InChI is InChI=1S/C7H9BrN4O/c8-5-4-10-12-7(5)11-6(13)2-1-3-9/h1-2,4H,3,9H2,(H2,10,11,12,13)/b2-1+. The van der Waals surface area contributed by atoms with Gasteiger partial charge in [-0.25, -0.2) is 0 Å². The average molecular weight is 245 g/mol. The number of anilines is 1. The van der Waals surface area contributed by atoms with Crippen molar-refractivity contribution in [2.24, 2.45) is 5.73 Å². The van der Waals surface area contributed by atoms with Gasteiger partial charge in [0.05, 0.1) is 10.7 Å². The molecule has 13 heavy (non-hydrogen) atoms. The number of hydrogen-bond acceptors (Lipinski definition) is 3. The van der Waals surface area contributed by atoms with E-state index in [9.17, 15) is 4.79 Å². The monoisotopic (exact) mass is 244 g/mol. The molecule has 1 heterocycles. The molecule has 0 aliphatic carbocycles. The molecule has 0 spiro atoms. The second kappa shape index (κ2) is 4.78. The van der Waals surface area contributed by atoms with E-state index in [4.69, 9.17) is 5.73 Å². The maximum atomic E-state index is 11.1. The van der Waals surface area contributed by atoms with E-state index in [0.29, 0.717) is 16.8 Å². The summed E-state index contributed by atoms with van der Waals surface area (Å²) in [6.45, 7) is 0.345. The first-order valence-electron chi connectivity index (χ1n) is 3.60. The molecule has 0 bridgehead atoms. The Labute approximate surface area is 83.5 Å². The van der Waals surface area contributed by atoms with Crippen LogP contribution in [-0.2, 0) is 4.79 Å². The summed E-state index contributed by atoms with van der Waals surface area (Å²) in [4.78, 5) is 11.1. The Morgan fingerprint density at radius 2 is 2.62 bits per heavy atom. The van der Waals surface area contributed by atoms with Crippen LogP contribution < -0.4 is 11.1 Å². The van der Waals surface area contributed by atoms with Gasteiger partial charge in [-0.15, -0.1) is 0 Å². The molecule has 0 unspecified atom stereocenters. The molecule has 4 N–H and O–H groups in total. The lowest BCUT2D eigenvalue weighted by atomic mass is 10.4. The lowest BCUT2D eigenvalue weighted by molar-refractivity contribution is -0.111. The molecular formula is C7H9BrN4O. The predicted molar refractivity (Wildman–Crippen MR) is 53.1 cm³/mol. The predicted octanol–water partition coefficient (Wildman–Crippen LogP) is 0.626. The molecule has 0 saturated carbocycles. The van der Waals surface area contributed by atoms with Gasteiger partial charge in [0.15, 0.2) is 0 Å². The van der Waals surface area contributed by atoms with Gasteiger partial charge in [0.1, 0.15) is 5.82 Å². The van der Waals surface area contributed by atoms with Gasteiger partial charge in [-0.2, -0.15) is 5.10 Å². The summed E-state index contributed by atoms with van der Waals surface area (Å²) in [5, 5.41) is 8.92. The first-order valence-corrected chi connectivity index (χ1v) is 4.40. The lowest BCUT2D eigenvalue weighted by Crippen LogP contribution is -2.09. The van der Waals surface area contributed by atoms with E-state index in [1.54, 1.807) is 12.3 Å². The number of aromatic nitrogens is 2. The van der Waals surface area contributed by atoms with Gasteiger partial charge in [0.2, 0.25) is 5.91 Å². The zero-order valence-corrected chi connectivity index (χ0v) is 8.34. The van der Waals surface area contributed by atoms with Crippen molar-refractivity contribution in [2.45, 2.75) is 0 Å². The molecule has 1 amide bonds.